The van der Waals surface area contributed by atoms with E-state index in [0.717, 1.165) is 0 Å². The molecule has 1 aliphatic rings. The Bertz CT molecular complexity index is 144. The third-order valence-corrected chi connectivity index (χ3v) is 1.000. The zero-order valence-electron chi connectivity index (χ0n) is 9.10. The average Bonchev–Trinajstić information content (AvgIpc) is 1.62. The molecule has 0 radical (unpaired) electrons. The van der Waals surface area contributed by atoms with Crippen molar-refractivity contribution in [1.82, 2.24) is 0 Å². The van der Waals surface area contributed by atoms with Crippen molar-refractivity contribution >= 4 is 73.1 Å². The molecule has 16 heteroatoms. The van der Waals surface area contributed by atoms with E-state index >= 15 is 0 Å². The van der Waals surface area contributed by atoms with Crippen LogP contribution in [0.2, 0.25) is 0 Å². The monoisotopic (exact) mass is 357 g/mol. The van der Waals surface area contributed by atoms with Crippen LogP contribution >= 0.6 is 0 Å². The third kappa shape index (κ3) is 247. The fraction of sp³-hybridized carbons (Fsp3) is 1.00. The molecule has 0 aromatic carbocycles. The van der Waals surface area contributed by atoms with E-state index in [1.807, 2.05) is 0 Å². The molecule has 0 bridgehead atoms. The molecule has 0 aromatic rings. The van der Waals surface area contributed by atoms with Crippen molar-refractivity contribution in [3.63, 3.8) is 0 Å². The quantitative estimate of drug-likeness (QED) is 0.431. The van der Waals surface area contributed by atoms with E-state index in [1.54, 1.807) is 0 Å². The molecule has 20 heavy (non-hydrogen) atoms. The summed E-state index contributed by atoms with van der Waals surface area (Å²) in [6.07, 6.45) is 6.00. The fourth-order valence-electron chi connectivity index (χ4n) is 0.250. The molecule has 1 aliphatic carbocycles. The van der Waals surface area contributed by atoms with E-state index in [1.165, 1.54) is 25.7 Å². The summed E-state index contributed by atoms with van der Waals surface area (Å²) in [5.74, 6) is 0. The van der Waals surface area contributed by atoms with Gasteiger partial charge in [-0.1, -0.05) is 25.7 Å². The molecule has 0 saturated heterocycles. The standard InChI is InChI=1S/C4H8.3BF4.K.H/c1-2-4-3-1;3*2-1(3,4)5;;/h1-4H2;;;;;/q;3*-1;;. The van der Waals surface area contributed by atoms with Gasteiger partial charge in [0.15, 0.2) is 0 Å². The average molecular weight is 357 g/mol. The predicted octanol–water partition coefficient (Wildman–Crippen LogP) is 4.81. The van der Waals surface area contributed by atoms with Gasteiger partial charge in [0.2, 0.25) is 0 Å². The third-order valence-electron chi connectivity index (χ3n) is 1.000. The van der Waals surface area contributed by atoms with Gasteiger partial charge in [0.05, 0.1) is 0 Å². The fourth-order valence-corrected chi connectivity index (χ4v) is 0.250. The molecule has 0 aromatic heterocycles. The molecule has 1 rings (SSSR count). The van der Waals surface area contributed by atoms with Crippen LogP contribution in [0.1, 0.15) is 25.7 Å². The first-order valence-electron chi connectivity index (χ1n) is 4.62. The first kappa shape index (κ1) is 29.1. The van der Waals surface area contributed by atoms with Crippen molar-refractivity contribution in [2.75, 3.05) is 0 Å². The van der Waals surface area contributed by atoms with Gasteiger partial charge in [-0.15, -0.1) is 0 Å². The second kappa shape index (κ2) is 13.6. The van der Waals surface area contributed by atoms with Crippen molar-refractivity contribution in [3.8, 4) is 0 Å². The Morgan fingerprint density at radius 2 is 0.400 bits per heavy atom. The maximum absolute atomic E-state index is 9.75. The molecule has 0 heterocycles. The van der Waals surface area contributed by atoms with Gasteiger partial charge >= 0.3 is 73.1 Å². The number of rotatable bonds is 0. The normalized spacial score (nSPS) is 13.8. The summed E-state index contributed by atoms with van der Waals surface area (Å²) in [4.78, 5) is 0. The summed E-state index contributed by atoms with van der Waals surface area (Å²) < 4.78 is 117. The van der Waals surface area contributed by atoms with E-state index in [9.17, 15) is 51.8 Å². The molecular weight excluding hydrogens is 348 g/mol. The Balaban J connectivity index is -0.0000000840. The van der Waals surface area contributed by atoms with Crippen LogP contribution in [0.4, 0.5) is 51.8 Å². The van der Waals surface area contributed by atoms with Gasteiger partial charge in [0.1, 0.15) is 0 Å². The van der Waals surface area contributed by atoms with Gasteiger partial charge in [0.25, 0.3) is 0 Å². The van der Waals surface area contributed by atoms with Crippen LogP contribution < -0.4 is 0 Å². The van der Waals surface area contributed by atoms with E-state index < -0.39 is 21.8 Å². The molecule has 0 nitrogen and oxygen atoms in total. The summed E-state index contributed by atoms with van der Waals surface area (Å²) in [6.45, 7) is 0. The Kier molecular flexibility index (Phi) is 19.8. The van der Waals surface area contributed by atoms with Crippen LogP contribution in [0, 0.1) is 0 Å². The Morgan fingerprint density at radius 3 is 0.400 bits per heavy atom. The first-order chi connectivity index (χ1) is 8.00. The number of halogens is 12. The number of hydrogen-bond acceptors (Lipinski definition) is 0. The topological polar surface area (TPSA) is 0 Å². The molecule has 1 saturated carbocycles. The second-order valence-corrected chi connectivity index (χ2v) is 2.90. The van der Waals surface area contributed by atoms with Crippen LogP contribution in [-0.4, -0.2) is 73.1 Å². The second-order valence-electron chi connectivity index (χ2n) is 2.90. The van der Waals surface area contributed by atoms with E-state index in [2.05, 4.69) is 0 Å². The zero-order chi connectivity index (χ0) is 16.3. The predicted molar refractivity (Wildman–Crippen MR) is 56.2 cm³/mol. The summed E-state index contributed by atoms with van der Waals surface area (Å²) in [7, 11) is -18.0. The van der Waals surface area contributed by atoms with Gasteiger partial charge in [-0.05, 0) is 0 Å². The van der Waals surface area contributed by atoms with Crippen molar-refractivity contribution in [1.29, 1.82) is 0 Å². The summed E-state index contributed by atoms with van der Waals surface area (Å²) >= 11 is 0. The molecule has 122 valence electrons. The van der Waals surface area contributed by atoms with Crippen LogP contribution in [0.25, 0.3) is 0 Å². The Labute approximate surface area is 149 Å². The molecule has 0 unspecified atom stereocenters. The van der Waals surface area contributed by atoms with Crippen molar-refractivity contribution in [2.45, 2.75) is 25.7 Å². The van der Waals surface area contributed by atoms with Crippen LogP contribution in [0.5, 0.6) is 0 Å². The first-order valence-corrected chi connectivity index (χ1v) is 4.62. The summed E-state index contributed by atoms with van der Waals surface area (Å²) in [5.41, 5.74) is 0. The molecule has 0 spiro atoms. The summed E-state index contributed by atoms with van der Waals surface area (Å²) in [5, 5.41) is 0. The maximum atomic E-state index is 9.75. The Hall–Kier alpha value is 0.991. The van der Waals surface area contributed by atoms with E-state index in [-0.39, 0.29) is 51.4 Å². The Morgan fingerprint density at radius 1 is 0.350 bits per heavy atom. The zero-order valence-corrected chi connectivity index (χ0v) is 9.10. The molecule has 0 amide bonds. The van der Waals surface area contributed by atoms with Crippen LogP contribution in [-0.2, 0) is 0 Å². The molecular formula is C4H9B3F12K-3. The van der Waals surface area contributed by atoms with E-state index in [4.69, 9.17) is 0 Å². The van der Waals surface area contributed by atoms with Crippen LogP contribution in [0.15, 0.2) is 0 Å². The molecule has 0 N–H and O–H groups in total. The van der Waals surface area contributed by atoms with E-state index in [0.29, 0.717) is 0 Å². The number of hydrogen-bond donors (Lipinski definition) is 0. The molecule has 0 aliphatic heterocycles. The minimum atomic E-state index is -6.00. The SMILES string of the molecule is C1CCC1.F[B-](F)(F)F.F[B-](F)(F)F.F[B-](F)(F)F.[KH]. The van der Waals surface area contributed by atoms with Gasteiger partial charge in [-0.3, -0.25) is 0 Å². The molecule has 1 fully saturated rings. The van der Waals surface area contributed by atoms with Gasteiger partial charge in [0, 0.05) is 0 Å². The minimum absolute atomic E-state index is 0. The molecule has 0 atom stereocenters. The van der Waals surface area contributed by atoms with Gasteiger partial charge in [-0.2, -0.15) is 0 Å². The van der Waals surface area contributed by atoms with Crippen molar-refractivity contribution in [3.05, 3.63) is 0 Å². The van der Waals surface area contributed by atoms with Gasteiger partial charge in [-0.25, -0.2) is 0 Å². The van der Waals surface area contributed by atoms with Gasteiger partial charge < -0.3 is 51.8 Å². The summed E-state index contributed by atoms with van der Waals surface area (Å²) in [6, 6.07) is 0. The van der Waals surface area contributed by atoms with Crippen LogP contribution in [0.3, 0.4) is 0 Å². The van der Waals surface area contributed by atoms with Crippen molar-refractivity contribution in [2.24, 2.45) is 0 Å². The van der Waals surface area contributed by atoms with Crippen molar-refractivity contribution < 1.29 is 51.8 Å².